The van der Waals surface area contributed by atoms with Gasteiger partial charge in [0.15, 0.2) is 11.6 Å². The molecule has 1 aliphatic rings. The van der Waals surface area contributed by atoms with E-state index in [1.807, 2.05) is 24.4 Å². The van der Waals surface area contributed by atoms with Gasteiger partial charge in [0.2, 0.25) is 0 Å². The molecule has 2 aromatic carbocycles. The summed E-state index contributed by atoms with van der Waals surface area (Å²) >= 11 is 0. The van der Waals surface area contributed by atoms with Crippen molar-refractivity contribution in [3.05, 3.63) is 71.4 Å². The monoisotopic (exact) mass is 340 g/mol. The van der Waals surface area contributed by atoms with Gasteiger partial charge in [0.25, 0.3) is 5.91 Å². The minimum absolute atomic E-state index is 0.0669. The second kappa shape index (κ2) is 5.69. The predicted molar refractivity (Wildman–Crippen MR) is 92.5 cm³/mol. The molecule has 25 heavy (non-hydrogen) atoms. The maximum absolute atomic E-state index is 13.4. The lowest BCUT2D eigenvalue weighted by atomic mass is 9.94. The summed E-state index contributed by atoms with van der Waals surface area (Å²) in [6.07, 6.45) is 4.03. The molecule has 128 valence electrons. The first-order valence-electron chi connectivity index (χ1n) is 8.27. The van der Waals surface area contributed by atoms with Crippen molar-refractivity contribution in [1.82, 2.24) is 9.88 Å². The molecule has 5 heteroatoms. The molecule has 1 heterocycles. The molecule has 0 aliphatic heterocycles. The molecule has 1 N–H and O–H groups in total. The Morgan fingerprint density at radius 1 is 1.16 bits per heavy atom. The summed E-state index contributed by atoms with van der Waals surface area (Å²) in [4.78, 5) is 17.5. The van der Waals surface area contributed by atoms with Crippen molar-refractivity contribution in [2.24, 2.45) is 0 Å². The van der Waals surface area contributed by atoms with Gasteiger partial charge in [-0.25, -0.2) is 8.78 Å². The van der Waals surface area contributed by atoms with Crippen LogP contribution in [0.25, 0.3) is 10.9 Å². The van der Waals surface area contributed by atoms with Crippen LogP contribution in [0.1, 0.15) is 28.8 Å². The van der Waals surface area contributed by atoms with Crippen molar-refractivity contribution in [2.75, 3.05) is 13.6 Å². The first-order valence-corrected chi connectivity index (χ1v) is 8.27. The Kier molecular flexibility index (Phi) is 3.60. The Balaban J connectivity index is 1.58. The van der Waals surface area contributed by atoms with Gasteiger partial charge in [-0.15, -0.1) is 0 Å². The van der Waals surface area contributed by atoms with E-state index in [0.29, 0.717) is 6.54 Å². The van der Waals surface area contributed by atoms with E-state index in [9.17, 15) is 13.6 Å². The standard InChI is InChI=1S/C20H18F2N2O/c1-24(19(25)13-6-7-16(21)17(22)10-13)12-20(8-9-20)15-11-23-18-5-3-2-4-14(15)18/h2-7,10-11,23H,8-9,12H2,1H3. The zero-order chi connectivity index (χ0) is 17.6. The van der Waals surface area contributed by atoms with Gasteiger partial charge in [0, 0.05) is 41.7 Å². The average Bonchev–Trinajstić information content (AvgIpc) is 3.25. The minimum Gasteiger partial charge on any atom is -0.361 e. The van der Waals surface area contributed by atoms with Gasteiger partial charge >= 0.3 is 0 Å². The van der Waals surface area contributed by atoms with Crippen LogP contribution in [-0.2, 0) is 5.41 Å². The summed E-state index contributed by atoms with van der Waals surface area (Å²) in [5, 5.41) is 1.17. The number of nitrogens with one attached hydrogen (secondary N) is 1. The quantitative estimate of drug-likeness (QED) is 0.757. The summed E-state index contributed by atoms with van der Waals surface area (Å²) in [5.41, 5.74) is 2.39. The van der Waals surface area contributed by atoms with Crippen molar-refractivity contribution >= 4 is 16.8 Å². The Bertz CT molecular complexity index is 959. The van der Waals surface area contributed by atoms with E-state index in [-0.39, 0.29) is 16.9 Å². The molecule has 3 aromatic rings. The molecule has 4 rings (SSSR count). The SMILES string of the molecule is CN(CC1(c2c[nH]c3ccccc23)CC1)C(=O)c1ccc(F)c(F)c1. The number of hydrogen-bond acceptors (Lipinski definition) is 1. The fourth-order valence-corrected chi connectivity index (χ4v) is 3.55. The number of aromatic amines is 1. The smallest absolute Gasteiger partial charge is 0.253 e. The van der Waals surface area contributed by atoms with Crippen molar-refractivity contribution in [3.8, 4) is 0 Å². The van der Waals surface area contributed by atoms with E-state index in [1.165, 1.54) is 17.0 Å². The number of amides is 1. The van der Waals surface area contributed by atoms with Gasteiger partial charge < -0.3 is 9.88 Å². The van der Waals surface area contributed by atoms with E-state index >= 15 is 0 Å². The fourth-order valence-electron chi connectivity index (χ4n) is 3.55. The highest BCUT2D eigenvalue weighted by molar-refractivity contribution is 5.94. The molecular weight excluding hydrogens is 322 g/mol. The third kappa shape index (κ3) is 2.69. The summed E-state index contributed by atoms with van der Waals surface area (Å²) in [6.45, 7) is 0.548. The third-order valence-electron chi connectivity index (χ3n) is 5.07. The number of halogens is 2. The van der Waals surface area contributed by atoms with Gasteiger partial charge in [-0.05, 0) is 42.7 Å². The Labute approximate surface area is 144 Å². The molecule has 1 aromatic heterocycles. The summed E-state index contributed by atoms with van der Waals surface area (Å²) in [7, 11) is 1.71. The number of benzene rings is 2. The van der Waals surface area contributed by atoms with Gasteiger partial charge in [0.1, 0.15) is 0 Å². The molecule has 0 saturated heterocycles. The zero-order valence-corrected chi connectivity index (χ0v) is 13.9. The van der Waals surface area contributed by atoms with E-state index < -0.39 is 11.6 Å². The highest BCUT2D eigenvalue weighted by atomic mass is 19.2. The maximum Gasteiger partial charge on any atom is 0.253 e. The van der Waals surface area contributed by atoms with E-state index in [4.69, 9.17) is 0 Å². The largest absolute Gasteiger partial charge is 0.361 e. The Morgan fingerprint density at radius 2 is 1.92 bits per heavy atom. The molecule has 0 spiro atoms. The predicted octanol–water partition coefficient (Wildman–Crippen LogP) is 4.25. The fraction of sp³-hybridized carbons (Fsp3) is 0.250. The van der Waals surface area contributed by atoms with Gasteiger partial charge in [-0.2, -0.15) is 0 Å². The lowest BCUT2D eigenvalue weighted by Crippen LogP contribution is -2.34. The lowest BCUT2D eigenvalue weighted by Gasteiger charge is -2.24. The first kappa shape index (κ1) is 15.8. The topological polar surface area (TPSA) is 36.1 Å². The van der Waals surface area contributed by atoms with Crippen molar-refractivity contribution in [3.63, 3.8) is 0 Å². The van der Waals surface area contributed by atoms with Gasteiger partial charge in [-0.1, -0.05) is 18.2 Å². The first-order chi connectivity index (χ1) is 12.0. The molecule has 0 bridgehead atoms. The highest BCUT2D eigenvalue weighted by Gasteiger charge is 2.47. The minimum atomic E-state index is -1.00. The molecule has 0 atom stereocenters. The lowest BCUT2D eigenvalue weighted by molar-refractivity contribution is 0.0781. The molecule has 0 radical (unpaired) electrons. The normalized spacial score (nSPS) is 15.3. The van der Waals surface area contributed by atoms with Crippen molar-refractivity contribution in [2.45, 2.75) is 18.3 Å². The van der Waals surface area contributed by atoms with E-state index in [0.717, 1.165) is 30.5 Å². The van der Waals surface area contributed by atoms with E-state index in [1.54, 1.807) is 11.9 Å². The molecule has 1 aliphatic carbocycles. The molecule has 1 saturated carbocycles. The van der Waals surface area contributed by atoms with Crippen LogP contribution in [0.5, 0.6) is 0 Å². The highest BCUT2D eigenvalue weighted by Crippen LogP contribution is 2.50. The van der Waals surface area contributed by atoms with Crippen LogP contribution in [-0.4, -0.2) is 29.4 Å². The number of fused-ring (bicyclic) bond motifs is 1. The van der Waals surface area contributed by atoms with Crippen molar-refractivity contribution < 1.29 is 13.6 Å². The number of nitrogens with zero attached hydrogens (tertiary/aromatic N) is 1. The number of hydrogen-bond donors (Lipinski definition) is 1. The van der Waals surface area contributed by atoms with Crippen LogP contribution in [0.15, 0.2) is 48.7 Å². The summed E-state index contributed by atoms with van der Waals surface area (Å²) in [5.74, 6) is -2.25. The zero-order valence-electron chi connectivity index (χ0n) is 13.9. The number of likely N-dealkylation sites (N-methyl/N-ethyl adjacent to an activating group) is 1. The van der Waals surface area contributed by atoms with Crippen LogP contribution >= 0.6 is 0 Å². The molecule has 3 nitrogen and oxygen atoms in total. The number of rotatable bonds is 4. The summed E-state index contributed by atoms with van der Waals surface area (Å²) in [6, 6.07) is 11.4. The third-order valence-corrected chi connectivity index (χ3v) is 5.07. The molecule has 0 unspecified atom stereocenters. The number of aromatic nitrogens is 1. The second-order valence-corrected chi connectivity index (χ2v) is 6.82. The van der Waals surface area contributed by atoms with Crippen LogP contribution < -0.4 is 0 Å². The van der Waals surface area contributed by atoms with Crippen LogP contribution in [0.4, 0.5) is 8.78 Å². The number of carbonyl (C=O) groups excluding carboxylic acids is 1. The summed E-state index contributed by atoms with van der Waals surface area (Å²) < 4.78 is 26.5. The van der Waals surface area contributed by atoms with Crippen LogP contribution in [0.2, 0.25) is 0 Å². The molecule has 1 fully saturated rings. The Morgan fingerprint density at radius 3 is 2.64 bits per heavy atom. The maximum atomic E-state index is 13.4. The van der Waals surface area contributed by atoms with Gasteiger partial charge in [0.05, 0.1) is 0 Å². The van der Waals surface area contributed by atoms with Crippen LogP contribution in [0.3, 0.4) is 0 Å². The average molecular weight is 340 g/mol. The van der Waals surface area contributed by atoms with Crippen molar-refractivity contribution in [1.29, 1.82) is 0 Å². The number of carbonyl (C=O) groups is 1. The van der Waals surface area contributed by atoms with E-state index in [2.05, 4.69) is 11.1 Å². The number of H-pyrrole nitrogens is 1. The second-order valence-electron chi connectivity index (χ2n) is 6.82. The van der Waals surface area contributed by atoms with Crippen LogP contribution in [0, 0.1) is 11.6 Å². The molecule has 1 amide bonds. The Hall–Kier alpha value is -2.69. The van der Waals surface area contributed by atoms with Gasteiger partial charge in [-0.3, -0.25) is 4.79 Å². The number of para-hydroxylation sites is 1. The molecular formula is C20H18F2N2O.